The summed E-state index contributed by atoms with van der Waals surface area (Å²) in [5.74, 6) is 0. The molecule has 1 heterocycles. The number of benzene rings is 1. The Hall–Kier alpha value is -2.19. The van der Waals surface area contributed by atoms with Crippen LogP contribution >= 0.6 is 0 Å². The molecule has 100 valence electrons. The Morgan fingerprint density at radius 1 is 1.26 bits per heavy atom. The van der Waals surface area contributed by atoms with Crippen LogP contribution in [0.25, 0.3) is 0 Å². The molecule has 0 fully saturated rings. The summed E-state index contributed by atoms with van der Waals surface area (Å²) in [5, 5.41) is 15.7. The van der Waals surface area contributed by atoms with E-state index in [0.29, 0.717) is 23.6 Å². The summed E-state index contributed by atoms with van der Waals surface area (Å²) >= 11 is 0. The van der Waals surface area contributed by atoms with E-state index < -0.39 is 10.0 Å². The van der Waals surface area contributed by atoms with E-state index in [4.69, 9.17) is 10.9 Å². The molecule has 19 heavy (non-hydrogen) atoms. The van der Waals surface area contributed by atoms with E-state index in [1.807, 2.05) is 0 Å². The van der Waals surface area contributed by atoms with Crippen molar-refractivity contribution in [2.75, 3.05) is 11.1 Å². The normalized spacial score (nSPS) is 11.2. The number of sulfonamides is 1. The van der Waals surface area contributed by atoms with E-state index in [-0.39, 0.29) is 4.90 Å². The molecule has 0 aliphatic heterocycles. The summed E-state index contributed by atoms with van der Waals surface area (Å²) in [7, 11) is -3.75. The van der Waals surface area contributed by atoms with Gasteiger partial charge in [0.2, 0.25) is 10.0 Å². The van der Waals surface area contributed by atoms with Gasteiger partial charge in [0.05, 0.1) is 28.5 Å². The van der Waals surface area contributed by atoms with Gasteiger partial charge in [0.15, 0.2) is 0 Å². The first-order chi connectivity index (χ1) is 8.97. The van der Waals surface area contributed by atoms with Gasteiger partial charge < -0.3 is 11.1 Å². The van der Waals surface area contributed by atoms with Crippen LogP contribution in [0.3, 0.4) is 0 Å². The first-order valence-corrected chi connectivity index (χ1v) is 6.94. The second kappa shape index (κ2) is 5.21. The number of hydrogen-bond acceptors (Lipinski definition) is 6. The van der Waals surface area contributed by atoms with Crippen LogP contribution in [0, 0.1) is 0 Å². The Labute approximate surface area is 110 Å². The van der Waals surface area contributed by atoms with Gasteiger partial charge in [-0.1, -0.05) is 0 Å². The van der Waals surface area contributed by atoms with Gasteiger partial charge in [0, 0.05) is 6.20 Å². The third kappa shape index (κ3) is 3.39. The number of primary sulfonamides is 1. The highest BCUT2D eigenvalue weighted by atomic mass is 32.2. The Morgan fingerprint density at radius 3 is 2.68 bits per heavy atom. The van der Waals surface area contributed by atoms with E-state index in [2.05, 4.69) is 15.5 Å². The highest BCUT2D eigenvalue weighted by Gasteiger charge is 2.10. The predicted molar refractivity (Wildman–Crippen MR) is 71.6 cm³/mol. The maximum Gasteiger partial charge on any atom is 0.238 e. The van der Waals surface area contributed by atoms with Crippen LogP contribution in [0.15, 0.2) is 41.4 Å². The molecule has 2 rings (SSSR count). The average Bonchev–Trinajstić information content (AvgIpc) is 2.37. The summed E-state index contributed by atoms with van der Waals surface area (Å²) < 4.78 is 22.5. The Balaban J connectivity index is 2.21. The molecule has 0 bridgehead atoms. The van der Waals surface area contributed by atoms with Crippen molar-refractivity contribution in [3.05, 3.63) is 42.2 Å². The van der Waals surface area contributed by atoms with Crippen molar-refractivity contribution >= 4 is 21.4 Å². The number of nitrogens with zero attached hydrogens (tertiary/aromatic N) is 2. The molecule has 8 heteroatoms. The number of hydrogen-bond donors (Lipinski definition) is 3. The molecule has 1 aromatic carbocycles. The van der Waals surface area contributed by atoms with Crippen LogP contribution in [0.2, 0.25) is 0 Å². The van der Waals surface area contributed by atoms with Gasteiger partial charge >= 0.3 is 0 Å². The minimum atomic E-state index is -3.75. The van der Waals surface area contributed by atoms with Gasteiger partial charge in [-0.05, 0) is 30.3 Å². The third-order valence-electron chi connectivity index (χ3n) is 2.44. The van der Waals surface area contributed by atoms with E-state index in [9.17, 15) is 8.42 Å². The zero-order valence-corrected chi connectivity index (χ0v) is 10.8. The second-order valence-corrected chi connectivity index (χ2v) is 5.42. The van der Waals surface area contributed by atoms with Crippen molar-refractivity contribution in [1.82, 2.24) is 10.2 Å². The maximum atomic E-state index is 11.3. The Morgan fingerprint density at radius 2 is 2.05 bits per heavy atom. The Kier molecular flexibility index (Phi) is 3.63. The molecule has 0 saturated carbocycles. The SMILES string of the molecule is Nc1ccc(S(N)(=O)=O)cc1NCc1cccnn1. The van der Waals surface area contributed by atoms with E-state index >= 15 is 0 Å². The molecular weight excluding hydrogens is 266 g/mol. The van der Waals surface area contributed by atoms with Crippen molar-refractivity contribution in [1.29, 1.82) is 0 Å². The molecule has 0 aliphatic carbocycles. The summed E-state index contributed by atoms with van der Waals surface area (Å²) in [4.78, 5) is 0.00310. The van der Waals surface area contributed by atoms with Crippen molar-refractivity contribution in [3.63, 3.8) is 0 Å². The monoisotopic (exact) mass is 279 g/mol. The lowest BCUT2D eigenvalue weighted by molar-refractivity contribution is 0.598. The molecule has 0 radical (unpaired) electrons. The van der Waals surface area contributed by atoms with Crippen LogP contribution in [0.1, 0.15) is 5.69 Å². The number of nitrogens with two attached hydrogens (primary N) is 2. The lowest BCUT2D eigenvalue weighted by Crippen LogP contribution is -2.13. The first-order valence-electron chi connectivity index (χ1n) is 5.39. The quantitative estimate of drug-likeness (QED) is 0.692. The van der Waals surface area contributed by atoms with Crippen LogP contribution in [-0.4, -0.2) is 18.6 Å². The van der Waals surface area contributed by atoms with E-state index in [0.717, 1.165) is 0 Å². The molecule has 5 N–H and O–H groups in total. The van der Waals surface area contributed by atoms with E-state index in [1.165, 1.54) is 18.2 Å². The zero-order chi connectivity index (χ0) is 13.9. The molecule has 0 amide bonds. The lowest BCUT2D eigenvalue weighted by atomic mass is 10.2. The molecule has 2 aromatic rings. The highest BCUT2D eigenvalue weighted by Crippen LogP contribution is 2.22. The number of rotatable bonds is 4. The molecule has 0 aliphatic rings. The minimum absolute atomic E-state index is 0.00310. The topological polar surface area (TPSA) is 124 Å². The fourth-order valence-corrected chi connectivity index (χ4v) is 2.02. The van der Waals surface area contributed by atoms with Crippen LogP contribution in [-0.2, 0) is 16.6 Å². The van der Waals surface area contributed by atoms with Crippen LogP contribution < -0.4 is 16.2 Å². The van der Waals surface area contributed by atoms with Crippen molar-refractivity contribution < 1.29 is 8.42 Å². The summed E-state index contributed by atoms with van der Waals surface area (Å²) in [6.45, 7) is 0.381. The molecule has 7 nitrogen and oxygen atoms in total. The first kappa shape index (κ1) is 13.2. The summed E-state index contributed by atoms with van der Waals surface area (Å²) in [5.41, 5.74) is 7.38. The molecule has 0 saturated heterocycles. The zero-order valence-electron chi connectivity index (χ0n) is 9.95. The van der Waals surface area contributed by atoms with Gasteiger partial charge in [0.25, 0.3) is 0 Å². The van der Waals surface area contributed by atoms with Gasteiger partial charge in [-0.2, -0.15) is 10.2 Å². The highest BCUT2D eigenvalue weighted by molar-refractivity contribution is 7.89. The fourth-order valence-electron chi connectivity index (χ4n) is 1.48. The van der Waals surface area contributed by atoms with Crippen LogP contribution in [0.5, 0.6) is 0 Å². The van der Waals surface area contributed by atoms with Crippen molar-refractivity contribution in [3.8, 4) is 0 Å². The summed E-state index contributed by atoms with van der Waals surface area (Å²) in [6, 6.07) is 7.78. The average molecular weight is 279 g/mol. The lowest BCUT2D eigenvalue weighted by Gasteiger charge is -2.10. The van der Waals surface area contributed by atoms with Gasteiger partial charge in [-0.25, -0.2) is 13.6 Å². The van der Waals surface area contributed by atoms with Gasteiger partial charge in [-0.15, -0.1) is 0 Å². The largest absolute Gasteiger partial charge is 0.397 e. The number of anilines is 2. The number of nitrogens with one attached hydrogen (secondary N) is 1. The molecular formula is C11H13N5O2S. The predicted octanol–water partition coefficient (Wildman–Crippen LogP) is 0.318. The van der Waals surface area contributed by atoms with Crippen molar-refractivity contribution in [2.24, 2.45) is 5.14 Å². The molecule has 0 unspecified atom stereocenters. The molecule has 0 spiro atoms. The van der Waals surface area contributed by atoms with Gasteiger partial charge in [0.1, 0.15) is 0 Å². The van der Waals surface area contributed by atoms with E-state index in [1.54, 1.807) is 18.3 Å². The Bertz CT molecular complexity index is 673. The molecule has 0 atom stereocenters. The van der Waals surface area contributed by atoms with Crippen LogP contribution in [0.4, 0.5) is 11.4 Å². The fraction of sp³-hybridized carbons (Fsp3) is 0.0909. The number of nitrogen functional groups attached to an aromatic ring is 1. The smallest absolute Gasteiger partial charge is 0.238 e. The number of aromatic nitrogens is 2. The van der Waals surface area contributed by atoms with Gasteiger partial charge in [-0.3, -0.25) is 0 Å². The third-order valence-corrected chi connectivity index (χ3v) is 3.35. The molecule has 1 aromatic heterocycles. The maximum absolute atomic E-state index is 11.3. The second-order valence-electron chi connectivity index (χ2n) is 3.86. The van der Waals surface area contributed by atoms with Crippen molar-refractivity contribution in [2.45, 2.75) is 11.4 Å². The minimum Gasteiger partial charge on any atom is -0.397 e. The summed E-state index contributed by atoms with van der Waals surface area (Å²) in [6.07, 6.45) is 1.57. The standard InChI is InChI=1S/C11H13N5O2S/c12-10-4-3-9(19(13,17)18)6-11(10)14-7-8-2-1-5-15-16-8/h1-6,14H,7,12H2,(H2,13,17,18).